The van der Waals surface area contributed by atoms with Crippen LogP contribution in [0.25, 0.3) is 16.8 Å². The van der Waals surface area contributed by atoms with Crippen LogP contribution in [0.2, 0.25) is 0 Å². The van der Waals surface area contributed by atoms with Crippen LogP contribution in [-0.4, -0.2) is 5.78 Å². The summed E-state index contributed by atoms with van der Waals surface area (Å²) in [5, 5.41) is 2.44. The molecule has 0 N–H and O–H groups in total. The summed E-state index contributed by atoms with van der Waals surface area (Å²) in [7, 11) is 0. The number of rotatable bonds is 1. The molecule has 0 aliphatic heterocycles. The predicted molar refractivity (Wildman–Crippen MR) is 85.6 cm³/mol. The van der Waals surface area contributed by atoms with Gasteiger partial charge in [0.1, 0.15) is 0 Å². The molecule has 2 bridgehead atoms. The number of allylic oxidation sites excluding steroid dienone is 3. The van der Waals surface area contributed by atoms with Crippen molar-refractivity contribution in [2.24, 2.45) is 5.92 Å². The fourth-order valence-corrected chi connectivity index (χ4v) is 4.15. The minimum absolute atomic E-state index is 0.156. The van der Waals surface area contributed by atoms with Crippen LogP contribution in [-0.2, 0) is 6.42 Å². The normalized spacial score (nSPS) is 24.3. The highest BCUT2D eigenvalue weighted by Gasteiger charge is 2.40. The zero-order valence-electron chi connectivity index (χ0n) is 12.0. The Morgan fingerprint density at radius 2 is 2.05 bits per heavy atom. The second kappa shape index (κ2) is 3.73. The van der Waals surface area contributed by atoms with E-state index in [2.05, 4.69) is 36.4 Å². The molecule has 3 aliphatic carbocycles. The van der Waals surface area contributed by atoms with Crippen LogP contribution in [0, 0.1) is 5.92 Å². The molecule has 21 heavy (non-hydrogen) atoms. The topological polar surface area (TPSA) is 17.1 Å². The summed E-state index contributed by atoms with van der Waals surface area (Å²) in [6.45, 7) is 1.66. The van der Waals surface area contributed by atoms with Gasteiger partial charge in [-0.1, -0.05) is 42.5 Å². The standard InChI is InChI=1S/C20H16O/c1-11(21)15-5-4-13-3-2-12-8-14-10-18(14)16-6-7-17(15)20(13)19(16)9-12/h2-8,14,18H,9-10H2,1H3. The lowest BCUT2D eigenvalue weighted by Gasteiger charge is -2.14. The van der Waals surface area contributed by atoms with Gasteiger partial charge in [0.2, 0.25) is 0 Å². The molecule has 0 radical (unpaired) electrons. The number of hydrogen-bond donors (Lipinski definition) is 0. The molecule has 5 rings (SSSR count). The van der Waals surface area contributed by atoms with Gasteiger partial charge in [-0.15, -0.1) is 0 Å². The first-order valence-corrected chi connectivity index (χ1v) is 7.70. The van der Waals surface area contributed by atoms with E-state index < -0.39 is 0 Å². The Morgan fingerprint density at radius 1 is 1.14 bits per heavy atom. The second-order valence-electron chi connectivity index (χ2n) is 6.57. The van der Waals surface area contributed by atoms with Crippen molar-refractivity contribution in [3.63, 3.8) is 0 Å². The highest BCUT2D eigenvalue weighted by Crippen LogP contribution is 2.54. The Kier molecular flexibility index (Phi) is 2.04. The van der Waals surface area contributed by atoms with E-state index >= 15 is 0 Å². The van der Waals surface area contributed by atoms with Crippen LogP contribution < -0.4 is 0 Å². The van der Waals surface area contributed by atoms with Gasteiger partial charge in [0, 0.05) is 5.56 Å². The molecule has 0 saturated heterocycles. The summed E-state index contributed by atoms with van der Waals surface area (Å²) in [6, 6.07) is 8.54. The van der Waals surface area contributed by atoms with E-state index in [1.54, 1.807) is 6.92 Å². The molecule has 0 amide bonds. The lowest BCUT2D eigenvalue weighted by Crippen LogP contribution is -1.99. The van der Waals surface area contributed by atoms with Crippen molar-refractivity contribution in [1.82, 2.24) is 0 Å². The monoisotopic (exact) mass is 272 g/mol. The average Bonchev–Trinajstić information content (AvgIpc) is 3.24. The van der Waals surface area contributed by atoms with Gasteiger partial charge in [-0.3, -0.25) is 4.79 Å². The van der Waals surface area contributed by atoms with Gasteiger partial charge < -0.3 is 0 Å². The molecule has 102 valence electrons. The van der Waals surface area contributed by atoms with Crippen molar-refractivity contribution < 1.29 is 4.79 Å². The van der Waals surface area contributed by atoms with E-state index in [0.29, 0.717) is 5.92 Å². The second-order valence-corrected chi connectivity index (χ2v) is 6.57. The first kappa shape index (κ1) is 11.5. The summed E-state index contributed by atoms with van der Waals surface area (Å²) in [5.74, 6) is 1.60. The zero-order chi connectivity index (χ0) is 14.1. The minimum atomic E-state index is 0.156. The summed E-state index contributed by atoms with van der Waals surface area (Å²) >= 11 is 0. The van der Waals surface area contributed by atoms with Crippen LogP contribution in [0.5, 0.6) is 0 Å². The van der Waals surface area contributed by atoms with E-state index in [4.69, 9.17) is 0 Å². The molecular weight excluding hydrogens is 256 g/mol. The first-order valence-electron chi connectivity index (χ1n) is 7.70. The predicted octanol–water partition coefficient (Wildman–Crippen LogP) is 4.66. The number of Topliss-reactive ketones (excluding diaryl/α,β-unsaturated/α-hetero) is 1. The number of hydrogen-bond acceptors (Lipinski definition) is 1. The molecule has 1 fully saturated rings. The number of benzene rings is 2. The van der Waals surface area contributed by atoms with Gasteiger partial charge in [0.15, 0.2) is 5.78 Å². The number of carbonyl (C=O) groups is 1. The average molecular weight is 272 g/mol. The number of fused-ring (bicyclic) bond motifs is 3. The molecule has 0 heterocycles. The maximum atomic E-state index is 11.9. The van der Waals surface area contributed by atoms with Gasteiger partial charge in [-0.05, 0) is 64.6 Å². The summed E-state index contributed by atoms with van der Waals surface area (Å²) in [5.41, 5.74) is 6.54. The Bertz CT molecular complexity index is 882. The lowest BCUT2D eigenvalue weighted by molar-refractivity contribution is 0.101. The van der Waals surface area contributed by atoms with Gasteiger partial charge in [-0.2, -0.15) is 0 Å². The summed E-state index contributed by atoms with van der Waals surface area (Å²) < 4.78 is 0. The van der Waals surface area contributed by atoms with Crippen molar-refractivity contribution >= 4 is 22.6 Å². The third-order valence-corrected chi connectivity index (χ3v) is 5.26. The quantitative estimate of drug-likeness (QED) is 0.690. The molecule has 1 nitrogen and oxygen atoms in total. The van der Waals surface area contributed by atoms with Gasteiger partial charge >= 0.3 is 0 Å². The molecule has 1 heteroatoms. The van der Waals surface area contributed by atoms with E-state index in [1.165, 1.54) is 34.1 Å². The molecule has 0 spiro atoms. The van der Waals surface area contributed by atoms with Gasteiger partial charge in [0.05, 0.1) is 0 Å². The van der Waals surface area contributed by atoms with Crippen molar-refractivity contribution in [3.05, 3.63) is 64.2 Å². The van der Waals surface area contributed by atoms with Crippen LogP contribution in [0.15, 0.2) is 42.0 Å². The molecule has 2 atom stereocenters. The fourth-order valence-electron chi connectivity index (χ4n) is 4.15. The molecule has 2 aromatic rings. The minimum Gasteiger partial charge on any atom is -0.294 e. The molecule has 3 aliphatic rings. The molecule has 0 aromatic heterocycles. The maximum Gasteiger partial charge on any atom is 0.160 e. The maximum absolute atomic E-state index is 11.9. The van der Waals surface area contributed by atoms with Gasteiger partial charge in [-0.25, -0.2) is 0 Å². The highest BCUT2D eigenvalue weighted by molar-refractivity contribution is 6.10. The summed E-state index contributed by atoms with van der Waals surface area (Å²) in [6.07, 6.45) is 9.26. The molecule has 1 saturated carbocycles. The lowest BCUT2D eigenvalue weighted by atomic mass is 9.89. The SMILES string of the molecule is CC(=O)c1ccc2c3c4c(ccc13)C1CC1C=C(C=C2)C4. The first-order chi connectivity index (χ1) is 10.2. The van der Waals surface area contributed by atoms with Crippen molar-refractivity contribution in [3.8, 4) is 0 Å². The van der Waals surface area contributed by atoms with Crippen molar-refractivity contribution in [2.75, 3.05) is 0 Å². The van der Waals surface area contributed by atoms with E-state index in [1.807, 2.05) is 6.07 Å². The third-order valence-electron chi connectivity index (χ3n) is 5.26. The third kappa shape index (κ3) is 1.49. The number of ketones is 1. The Morgan fingerprint density at radius 3 is 2.90 bits per heavy atom. The summed E-state index contributed by atoms with van der Waals surface area (Å²) in [4.78, 5) is 11.9. The van der Waals surface area contributed by atoms with E-state index in [-0.39, 0.29) is 5.78 Å². The van der Waals surface area contributed by atoms with E-state index in [0.717, 1.165) is 23.3 Å². The van der Waals surface area contributed by atoms with Crippen LogP contribution in [0.4, 0.5) is 0 Å². The van der Waals surface area contributed by atoms with Crippen molar-refractivity contribution in [2.45, 2.75) is 25.7 Å². The highest BCUT2D eigenvalue weighted by atomic mass is 16.1. The Balaban J connectivity index is 1.96. The Labute approximate surface area is 124 Å². The molecule has 2 unspecified atom stereocenters. The molecule has 2 aromatic carbocycles. The van der Waals surface area contributed by atoms with Crippen molar-refractivity contribution in [1.29, 1.82) is 0 Å². The fraction of sp³-hybridized carbons (Fsp3) is 0.250. The zero-order valence-corrected chi connectivity index (χ0v) is 12.0. The van der Waals surface area contributed by atoms with Gasteiger partial charge in [0.25, 0.3) is 0 Å². The largest absolute Gasteiger partial charge is 0.294 e. The molecular formula is C20H16O. The Hall–Kier alpha value is -2.15. The smallest absolute Gasteiger partial charge is 0.160 e. The number of carbonyl (C=O) groups excluding carboxylic acids is 1. The van der Waals surface area contributed by atoms with Crippen LogP contribution in [0.3, 0.4) is 0 Å². The van der Waals surface area contributed by atoms with Crippen LogP contribution in [0.1, 0.15) is 46.3 Å². The van der Waals surface area contributed by atoms with Crippen LogP contribution >= 0.6 is 0 Å². The van der Waals surface area contributed by atoms with E-state index in [9.17, 15) is 4.79 Å².